The third-order valence-corrected chi connectivity index (χ3v) is 5.39. The lowest BCUT2D eigenvalue weighted by Crippen LogP contribution is -2.20. The quantitative estimate of drug-likeness (QED) is 0.419. The van der Waals surface area contributed by atoms with E-state index in [-0.39, 0.29) is 12.5 Å². The zero-order valence-electron chi connectivity index (χ0n) is 19.9. The minimum Gasteiger partial charge on any atom is -0.484 e. The monoisotopic (exact) mass is 457 g/mol. The molecular weight excluding hydrogens is 430 g/mol. The van der Waals surface area contributed by atoms with E-state index in [0.29, 0.717) is 34.7 Å². The maximum Gasteiger partial charge on any atom is 0.262 e. The van der Waals surface area contributed by atoms with E-state index < -0.39 is 0 Å². The fraction of sp³-hybridized carbons (Fsp3) is 0.231. The molecule has 1 amide bonds. The predicted molar refractivity (Wildman–Crippen MR) is 130 cm³/mol. The summed E-state index contributed by atoms with van der Waals surface area (Å²) in [7, 11) is 0. The Labute approximate surface area is 198 Å². The Morgan fingerprint density at radius 3 is 2.38 bits per heavy atom. The van der Waals surface area contributed by atoms with E-state index in [0.717, 1.165) is 22.5 Å². The number of nitrogens with zero attached hydrogens (tertiary/aromatic N) is 4. The van der Waals surface area contributed by atoms with Crippen LogP contribution in [0.1, 0.15) is 28.3 Å². The fourth-order valence-electron chi connectivity index (χ4n) is 3.41. The molecular formula is C26H27N5O3. The second-order valence-corrected chi connectivity index (χ2v) is 8.10. The van der Waals surface area contributed by atoms with Gasteiger partial charge in [-0.25, -0.2) is 9.67 Å². The molecule has 2 aromatic carbocycles. The number of amides is 1. The zero-order chi connectivity index (χ0) is 24.2. The Kier molecular flexibility index (Phi) is 6.58. The Morgan fingerprint density at radius 2 is 1.71 bits per heavy atom. The summed E-state index contributed by atoms with van der Waals surface area (Å²) in [4.78, 5) is 21.1. The van der Waals surface area contributed by atoms with E-state index in [1.807, 2.05) is 58.9 Å². The molecule has 0 bridgehead atoms. The number of ether oxygens (including phenoxy) is 2. The first-order valence-electron chi connectivity index (χ1n) is 10.9. The van der Waals surface area contributed by atoms with Crippen molar-refractivity contribution in [1.82, 2.24) is 19.7 Å². The molecule has 2 aromatic heterocycles. The molecule has 4 rings (SSSR count). The van der Waals surface area contributed by atoms with Crippen LogP contribution in [0, 0.1) is 34.6 Å². The van der Waals surface area contributed by atoms with E-state index in [4.69, 9.17) is 9.47 Å². The van der Waals surface area contributed by atoms with Crippen molar-refractivity contribution < 1.29 is 14.3 Å². The number of aromatic nitrogens is 4. The highest BCUT2D eigenvalue weighted by Crippen LogP contribution is 2.24. The van der Waals surface area contributed by atoms with Gasteiger partial charge in [-0.05, 0) is 82.1 Å². The number of carbonyl (C=O) groups excluding carboxylic acids is 1. The molecule has 0 fully saturated rings. The second kappa shape index (κ2) is 9.74. The lowest BCUT2D eigenvalue weighted by atomic mass is 10.2. The van der Waals surface area contributed by atoms with Crippen molar-refractivity contribution in [1.29, 1.82) is 0 Å². The summed E-state index contributed by atoms with van der Waals surface area (Å²) < 4.78 is 13.3. The summed E-state index contributed by atoms with van der Waals surface area (Å²) in [6, 6.07) is 16.4. The van der Waals surface area contributed by atoms with E-state index in [1.54, 1.807) is 35.0 Å². The highest BCUT2D eigenvalue weighted by molar-refractivity contribution is 5.91. The lowest BCUT2D eigenvalue weighted by Gasteiger charge is -2.10. The minimum atomic E-state index is -0.244. The van der Waals surface area contributed by atoms with Crippen LogP contribution in [0.15, 0.2) is 54.6 Å². The number of rotatable bonds is 7. The van der Waals surface area contributed by atoms with Crippen molar-refractivity contribution in [2.75, 3.05) is 11.9 Å². The van der Waals surface area contributed by atoms with Crippen molar-refractivity contribution in [2.45, 2.75) is 34.6 Å². The number of carbonyl (C=O) groups is 1. The van der Waals surface area contributed by atoms with Crippen molar-refractivity contribution in [3.63, 3.8) is 0 Å². The number of hydrogen-bond acceptors (Lipinski definition) is 6. The van der Waals surface area contributed by atoms with Crippen LogP contribution in [0.2, 0.25) is 0 Å². The maximum absolute atomic E-state index is 12.2. The highest BCUT2D eigenvalue weighted by atomic mass is 16.5. The van der Waals surface area contributed by atoms with Crippen LogP contribution in [-0.4, -0.2) is 32.3 Å². The number of aryl methyl sites for hydroxylation is 3. The van der Waals surface area contributed by atoms with Gasteiger partial charge in [-0.1, -0.05) is 12.1 Å². The van der Waals surface area contributed by atoms with E-state index in [2.05, 4.69) is 20.4 Å². The Morgan fingerprint density at radius 1 is 0.941 bits per heavy atom. The summed E-state index contributed by atoms with van der Waals surface area (Å²) in [5.41, 5.74) is 4.82. The molecule has 0 saturated carbocycles. The van der Waals surface area contributed by atoms with E-state index in [1.165, 1.54) is 0 Å². The van der Waals surface area contributed by atoms with Crippen LogP contribution < -0.4 is 14.8 Å². The standard InChI is InChI=1S/C26H27N5O3/c1-16-7-6-8-23(13-16)33-15-25(32)29-21-9-11-22(12-10-21)34-26-14-24(27-20(5)28-26)31-19(4)17(2)18(3)30-31/h6-14H,15H2,1-5H3,(H,29,32). The largest absolute Gasteiger partial charge is 0.484 e. The zero-order valence-corrected chi connectivity index (χ0v) is 19.9. The van der Waals surface area contributed by atoms with Gasteiger partial charge in [-0.3, -0.25) is 4.79 Å². The normalized spacial score (nSPS) is 10.7. The van der Waals surface area contributed by atoms with Gasteiger partial charge >= 0.3 is 0 Å². The van der Waals surface area contributed by atoms with Gasteiger partial charge < -0.3 is 14.8 Å². The van der Waals surface area contributed by atoms with Crippen LogP contribution in [0.5, 0.6) is 17.4 Å². The van der Waals surface area contributed by atoms with Crippen LogP contribution in [0.25, 0.3) is 5.82 Å². The van der Waals surface area contributed by atoms with Gasteiger partial charge in [0.05, 0.1) is 5.69 Å². The molecule has 4 aromatic rings. The van der Waals surface area contributed by atoms with E-state index in [9.17, 15) is 4.79 Å². The summed E-state index contributed by atoms with van der Waals surface area (Å²) in [5, 5.41) is 7.38. The molecule has 2 heterocycles. The third-order valence-electron chi connectivity index (χ3n) is 5.39. The molecule has 0 spiro atoms. The summed E-state index contributed by atoms with van der Waals surface area (Å²) in [6.07, 6.45) is 0. The summed E-state index contributed by atoms with van der Waals surface area (Å²) >= 11 is 0. The Balaban J connectivity index is 1.40. The van der Waals surface area contributed by atoms with Crippen molar-refractivity contribution in [3.05, 3.63) is 82.9 Å². The van der Waals surface area contributed by atoms with Crippen LogP contribution in [-0.2, 0) is 4.79 Å². The SMILES string of the molecule is Cc1cccc(OCC(=O)Nc2ccc(Oc3cc(-n4nc(C)c(C)c4C)nc(C)n3)cc2)c1. The van der Waals surface area contributed by atoms with Gasteiger partial charge in [0.15, 0.2) is 12.4 Å². The van der Waals surface area contributed by atoms with Gasteiger partial charge in [0.1, 0.15) is 17.3 Å². The average Bonchev–Trinajstić information content (AvgIpc) is 3.06. The fourth-order valence-corrected chi connectivity index (χ4v) is 3.41. The summed E-state index contributed by atoms with van der Waals surface area (Å²) in [5.74, 6) is 2.64. The van der Waals surface area contributed by atoms with Gasteiger partial charge in [-0.15, -0.1) is 0 Å². The van der Waals surface area contributed by atoms with Gasteiger partial charge in [-0.2, -0.15) is 10.1 Å². The molecule has 34 heavy (non-hydrogen) atoms. The molecule has 0 radical (unpaired) electrons. The molecule has 0 aliphatic rings. The molecule has 0 atom stereocenters. The third kappa shape index (κ3) is 5.40. The topological polar surface area (TPSA) is 91.2 Å². The van der Waals surface area contributed by atoms with Gasteiger partial charge in [0.25, 0.3) is 5.91 Å². The second-order valence-electron chi connectivity index (χ2n) is 8.10. The first kappa shape index (κ1) is 23.0. The Bertz CT molecular complexity index is 1330. The smallest absolute Gasteiger partial charge is 0.262 e. The first-order chi connectivity index (χ1) is 16.3. The van der Waals surface area contributed by atoms with E-state index >= 15 is 0 Å². The summed E-state index contributed by atoms with van der Waals surface area (Å²) in [6.45, 7) is 9.73. The van der Waals surface area contributed by atoms with Crippen molar-refractivity contribution >= 4 is 11.6 Å². The van der Waals surface area contributed by atoms with Crippen molar-refractivity contribution in [2.24, 2.45) is 0 Å². The van der Waals surface area contributed by atoms with Crippen LogP contribution >= 0.6 is 0 Å². The van der Waals surface area contributed by atoms with Crippen molar-refractivity contribution in [3.8, 4) is 23.2 Å². The molecule has 174 valence electrons. The molecule has 0 saturated heterocycles. The molecule has 1 N–H and O–H groups in total. The maximum atomic E-state index is 12.2. The number of nitrogens with one attached hydrogen (secondary N) is 1. The molecule has 8 nitrogen and oxygen atoms in total. The first-order valence-corrected chi connectivity index (χ1v) is 10.9. The number of benzene rings is 2. The number of hydrogen-bond donors (Lipinski definition) is 1. The molecule has 0 unspecified atom stereocenters. The Hall–Kier alpha value is -4.20. The molecule has 8 heteroatoms. The lowest BCUT2D eigenvalue weighted by molar-refractivity contribution is -0.118. The van der Waals surface area contributed by atoms with Crippen LogP contribution in [0.3, 0.4) is 0 Å². The van der Waals surface area contributed by atoms with Gasteiger partial charge in [0.2, 0.25) is 5.88 Å². The average molecular weight is 458 g/mol. The number of anilines is 1. The highest BCUT2D eigenvalue weighted by Gasteiger charge is 2.13. The molecule has 0 aliphatic carbocycles. The molecule has 0 aliphatic heterocycles. The minimum absolute atomic E-state index is 0.0729. The van der Waals surface area contributed by atoms with Gasteiger partial charge in [0, 0.05) is 17.4 Å². The van der Waals surface area contributed by atoms with Crippen LogP contribution in [0.4, 0.5) is 5.69 Å². The predicted octanol–water partition coefficient (Wildman–Crippen LogP) is 5.01.